The molecule has 0 aromatic heterocycles. The average Bonchev–Trinajstić information content (AvgIpc) is 2.44. The number of hydrogen-bond acceptors (Lipinski definition) is 2. The third kappa shape index (κ3) is 3.40. The first-order chi connectivity index (χ1) is 9.52. The van der Waals surface area contributed by atoms with Gasteiger partial charge in [-0.05, 0) is 52.2 Å². The Morgan fingerprint density at radius 3 is 2.65 bits per heavy atom. The highest BCUT2D eigenvalue weighted by Gasteiger charge is 2.15. The van der Waals surface area contributed by atoms with Crippen LogP contribution in [0.15, 0.2) is 45.3 Å². The normalized spacial score (nSPS) is 12.2. The number of ether oxygens (including phenoxy) is 1. The summed E-state index contributed by atoms with van der Waals surface area (Å²) in [5, 5.41) is 0. The molecule has 5 heteroatoms. The molecule has 20 heavy (non-hydrogen) atoms. The summed E-state index contributed by atoms with van der Waals surface area (Å²) in [6.07, 6.45) is 0.519. The van der Waals surface area contributed by atoms with Crippen LogP contribution in [-0.4, -0.2) is 7.11 Å². The Morgan fingerprint density at radius 1 is 1.20 bits per heavy atom. The van der Waals surface area contributed by atoms with Crippen LogP contribution in [-0.2, 0) is 6.42 Å². The SMILES string of the molecule is COc1ccc(Br)c(CC(N)c2cccc(Br)c2F)c1. The van der Waals surface area contributed by atoms with Gasteiger partial charge in [-0.3, -0.25) is 0 Å². The number of rotatable bonds is 4. The number of hydrogen-bond donors (Lipinski definition) is 1. The molecule has 2 rings (SSSR count). The molecule has 0 aliphatic rings. The maximum absolute atomic E-state index is 14.0. The Morgan fingerprint density at radius 2 is 1.95 bits per heavy atom. The zero-order valence-corrected chi connectivity index (χ0v) is 14.0. The standard InChI is InChI=1S/C15H14Br2FNO/c1-20-10-5-6-12(16)9(7-10)8-14(19)11-3-2-4-13(17)15(11)18/h2-7,14H,8,19H2,1H3. The largest absolute Gasteiger partial charge is 0.497 e. The van der Waals surface area contributed by atoms with Crippen molar-refractivity contribution in [2.24, 2.45) is 5.73 Å². The highest BCUT2D eigenvalue weighted by Crippen LogP contribution is 2.29. The van der Waals surface area contributed by atoms with E-state index in [0.29, 0.717) is 16.5 Å². The van der Waals surface area contributed by atoms with Crippen molar-refractivity contribution in [3.05, 3.63) is 62.3 Å². The molecule has 2 aromatic carbocycles. The van der Waals surface area contributed by atoms with Gasteiger partial charge in [-0.25, -0.2) is 4.39 Å². The maximum Gasteiger partial charge on any atom is 0.142 e. The van der Waals surface area contributed by atoms with Crippen molar-refractivity contribution in [2.75, 3.05) is 7.11 Å². The van der Waals surface area contributed by atoms with Crippen LogP contribution in [0.2, 0.25) is 0 Å². The van der Waals surface area contributed by atoms with Crippen LogP contribution in [0.25, 0.3) is 0 Å². The molecule has 2 N–H and O–H groups in total. The summed E-state index contributed by atoms with van der Waals surface area (Å²) in [5.74, 6) is 0.448. The van der Waals surface area contributed by atoms with E-state index in [1.165, 1.54) is 0 Å². The summed E-state index contributed by atoms with van der Waals surface area (Å²) in [4.78, 5) is 0. The summed E-state index contributed by atoms with van der Waals surface area (Å²) in [5.41, 5.74) is 7.61. The highest BCUT2D eigenvalue weighted by atomic mass is 79.9. The Balaban J connectivity index is 2.27. The number of benzene rings is 2. The highest BCUT2D eigenvalue weighted by molar-refractivity contribution is 9.10. The number of halogens is 3. The molecule has 0 radical (unpaired) electrons. The van der Waals surface area contributed by atoms with Crippen LogP contribution in [0.3, 0.4) is 0 Å². The van der Waals surface area contributed by atoms with Gasteiger partial charge in [-0.15, -0.1) is 0 Å². The van der Waals surface area contributed by atoms with E-state index >= 15 is 0 Å². The lowest BCUT2D eigenvalue weighted by Crippen LogP contribution is -2.15. The molecule has 0 saturated carbocycles. The van der Waals surface area contributed by atoms with Gasteiger partial charge in [0.25, 0.3) is 0 Å². The first kappa shape index (κ1) is 15.5. The predicted octanol–water partition coefficient (Wildman–Crippen LogP) is 4.60. The van der Waals surface area contributed by atoms with Crippen molar-refractivity contribution in [2.45, 2.75) is 12.5 Å². The van der Waals surface area contributed by atoms with Gasteiger partial charge >= 0.3 is 0 Å². The summed E-state index contributed by atoms with van der Waals surface area (Å²) in [7, 11) is 1.61. The lowest BCUT2D eigenvalue weighted by atomic mass is 9.99. The van der Waals surface area contributed by atoms with E-state index < -0.39 is 6.04 Å². The molecule has 0 aliphatic heterocycles. The Kier molecular flexibility index (Phi) is 5.18. The minimum Gasteiger partial charge on any atom is -0.497 e. The molecule has 2 aromatic rings. The summed E-state index contributed by atoms with van der Waals surface area (Å²) >= 11 is 6.66. The lowest BCUT2D eigenvalue weighted by Gasteiger charge is -2.15. The van der Waals surface area contributed by atoms with Gasteiger partial charge in [0.05, 0.1) is 11.6 Å². The van der Waals surface area contributed by atoms with E-state index in [1.807, 2.05) is 18.2 Å². The molecule has 106 valence electrons. The van der Waals surface area contributed by atoms with E-state index in [1.54, 1.807) is 25.3 Å². The molecule has 0 amide bonds. The molecule has 0 spiro atoms. The van der Waals surface area contributed by atoms with Crippen LogP contribution < -0.4 is 10.5 Å². The van der Waals surface area contributed by atoms with Crippen LogP contribution in [0.5, 0.6) is 5.75 Å². The van der Waals surface area contributed by atoms with Gasteiger partial charge in [0.1, 0.15) is 11.6 Å². The molecular weight excluding hydrogens is 389 g/mol. The van der Waals surface area contributed by atoms with E-state index in [2.05, 4.69) is 31.9 Å². The second kappa shape index (κ2) is 6.70. The van der Waals surface area contributed by atoms with Crippen molar-refractivity contribution in [3.63, 3.8) is 0 Å². The topological polar surface area (TPSA) is 35.2 Å². The molecule has 0 heterocycles. The fourth-order valence-electron chi connectivity index (χ4n) is 1.99. The van der Waals surface area contributed by atoms with Crippen LogP contribution in [0.1, 0.15) is 17.2 Å². The first-order valence-corrected chi connectivity index (χ1v) is 7.63. The van der Waals surface area contributed by atoms with Gasteiger partial charge in [-0.2, -0.15) is 0 Å². The van der Waals surface area contributed by atoms with Gasteiger partial charge in [0.2, 0.25) is 0 Å². The van der Waals surface area contributed by atoms with Crippen molar-refractivity contribution in [1.29, 1.82) is 0 Å². The molecular formula is C15H14Br2FNO. The molecule has 0 aliphatic carbocycles. The molecule has 1 unspecified atom stereocenters. The van der Waals surface area contributed by atoms with Crippen molar-refractivity contribution in [1.82, 2.24) is 0 Å². The average molecular weight is 403 g/mol. The molecule has 0 bridgehead atoms. The fourth-order valence-corrected chi connectivity index (χ4v) is 2.78. The van der Waals surface area contributed by atoms with E-state index in [-0.39, 0.29) is 5.82 Å². The van der Waals surface area contributed by atoms with Crippen molar-refractivity contribution >= 4 is 31.9 Å². The zero-order valence-electron chi connectivity index (χ0n) is 10.9. The van der Waals surface area contributed by atoms with Crippen molar-refractivity contribution < 1.29 is 9.13 Å². The summed E-state index contributed by atoms with van der Waals surface area (Å²) in [6, 6.07) is 10.4. The monoisotopic (exact) mass is 401 g/mol. The van der Waals surface area contributed by atoms with Gasteiger partial charge in [-0.1, -0.05) is 28.1 Å². The predicted molar refractivity (Wildman–Crippen MR) is 85.4 cm³/mol. The van der Waals surface area contributed by atoms with Crippen LogP contribution >= 0.6 is 31.9 Å². The molecule has 1 atom stereocenters. The third-order valence-corrected chi connectivity index (χ3v) is 4.46. The Hall–Kier alpha value is -0.910. The molecule has 2 nitrogen and oxygen atoms in total. The van der Waals surface area contributed by atoms with E-state index in [0.717, 1.165) is 15.8 Å². The van der Waals surface area contributed by atoms with Crippen LogP contribution in [0.4, 0.5) is 4.39 Å². The lowest BCUT2D eigenvalue weighted by molar-refractivity contribution is 0.414. The van der Waals surface area contributed by atoms with E-state index in [4.69, 9.17) is 10.5 Å². The van der Waals surface area contributed by atoms with Gasteiger partial charge in [0.15, 0.2) is 0 Å². The quantitative estimate of drug-likeness (QED) is 0.810. The molecule has 0 saturated heterocycles. The minimum absolute atomic E-state index is 0.306. The molecule has 0 fully saturated rings. The maximum atomic E-state index is 14.0. The number of nitrogens with two attached hydrogens (primary N) is 1. The Labute approximate surface area is 134 Å². The van der Waals surface area contributed by atoms with Gasteiger partial charge < -0.3 is 10.5 Å². The zero-order chi connectivity index (χ0) is 14.7. The fraction of sp³-hybridized carbons (Fsp3) is 0.200. The van der Waals surface area contributed by atoms with Gasteiger partial charge in [0, 0.05) is 16.1 Å². The van der Waals surface area contributed by atoms with E-state index in [9.17, 15) is 4.39 Å². The van der Waals surface area contributed by atoms with Crippen LogP contribution in [0, 0.1) is 5.82 Å². The second-order valence-corrected chi connectivity index (χ2v) is 6.12. The summed E-state index contributed by atoms with van der Waals surface area (Å²) in [6.45, 7) is 0. The smallest absolute Gasteiger partial charge is 0.142 e. The third-order valence-electron chi connectivity index (χ3n) is 3.07. The minimum atomic E-state index is -0.420. The van der Waals surface area contributed by atoms with Crippen molar-refractivity contribution in [3.8, 4) is 5.75 Å². The summed E-state index contributed by atoms with van der Waals surface area (Å²) < 4.78 is 20.6. The second-order valence-electron chi connectivity index (χ2n) is 4.41. The number of methoxy groups -OCH3 is 1. The first-order valence-electron chi connectivity index (χ1n) is 6.05. The Bertz CT molecular complexity index is 619.